The molecule has 0 saturated carbocycles. The van der Waals surface area contributed by atoms with Crippen LogP contribution in [0.5, 0.6) is 5.75 Å². The molecule has 1 N–H and O–H groups in total. The molecule has 0 amide bonds. The molecule has 0 spiro atoms. The molecule has 2 heterocycles. The zero-order chi connectivity index (χ0) is 14.2. The van der Waals surface area contributed by atoms with E-state index in [4.69, 9.17) is 17.1 Å². The number of hydrogen-bond acceptors (Lipinski definition) is 3. The van der Waals surface area contributed by atoms with E-state index < -0.39 is 0 Å². The summed E-state index contributed by atoms with van der Waals surface area (Å²) in [7, 11) is 0. The molecule has 0 saturated heterocycles. The van der Waals surface area contributed by atoms with Crippen LogP contribution in [0.15, 0.2) is 30.3 Å². The Labute approximate surface area is 133 Å². The van der Waals surface area contributed by atoms with Gasteiger partial charge < -0.3 is 10.2 Å². The number of rotatable bonds is 2. The van der Waals surface area contributed by atoms with Gasteiger partial charge in [0.25, 0.3) is 0 Å². The molecule has 5 heteroatoms. The van der Waals surface area contributed by atoms with Gasteiger partial charge in [-0.15, -0.1) is 11.3 Å². The maximum atomic E-state index is 6.13. The Morgan fingerprint density at radius 1 is 1.19 bits per heavy atom. The van der Waals surface area contributed by atoms with Crippen LogP contribution in [-0.2, 0) is 19.4 Å². The Kier molecular flexibility index (Phi) is 3.31. The van der Waals surface area contributed by atoms with Gasteiger partial charge in [0.05, 0.1) is 6.54 Å². The maximum Gasteiger partial charge on any atom is 0.208 e. The highest BCUT2D eigenvalue weighted by Gasteiger charge is 2.29. The van der Waals surface area contributed by atoms with Gasteiger partial charge in [-0.1, -0.05) is 30.3 Å². The molecule has 1 aromatic heterocycles. The number of nitrogens with one attached hydrogen (secondary N) is 1. The van der Waals surface area contributed by atoms with Gasteiger partial charge in [0.2, 0.25) is 5.11 Å². The second kappa shape index (κ2) is 5.31. The lowest BCUT2D eigenvalue weighted by atomic mass is 9.99. The van der Waals surface area contributed by atoms with Gasteiger partial charge in [0, 0.05) is 10.4 Å². The lowest BCUT2D eigenvalue weighted by molar-refractivity contribution is 0.00983. The monoisotopic (exact) mass is 316 g/mol. The van der Waals surface area contributed by atoms with E-state index in [0.29, 0.717) is 11.7 Å². The largest absolute Gasteiger partial charge is 0.374 e. The van der Waals surface area contributed by atoms with Crippen LogP contribution in [-0.4, -0.2) is 10.2 Å². The van der Waals surface area contributed by atoms with Gasteiger partial charge >= 0.3 is 0 Å². The Hall–Kier alpha value is -1.59. The molecule has 2 aliphatic rings. The quantitative estimate of drug-likeness (QED) is 0.842. The van der Waals surface area contributed by atoms with E-state index in [1.165, 1.54) is 35.3 Å². The van der Waals surface area contributed by atoms with Gasteiger partial charge in [-0.3, -0.25) is 0 Å². The molecule has 21 heavy (non-hydrogen) atoms. The third kappa shape index (κ3) is 2.40. The normalized spacial score (nSPS) is 16.8. The molecular weight excluding hydrogens is 300 g/mol. The van der Waals surface area contributed by atoms with Gasteiger partial charge in [-0.25, -0.2) is 0 Å². The fourth-order valence-corrected chi connectivity index (χ4v) is 4.36. The molecule has 4 rings (SSSR count). The van der Waals surface area contributed by atoms with Gasteiger partial charge in [-0.05, 0) is 43.5 Å². The highest BCUT2D eigenvalue weighted by atomic mass is 32.1. The molecule has 3 nitrogen and oxygen atoms in total. The number of aryl methyl sites for hydroxylation is 1. The fraction of sp³-hybridized carbons (Fsp3) is 0.312. The number of hydroxylamine groups is 2. The molecule has 0 bridgehead atoms. The van der Waals surface area contributed by atoms with E-state index in [2.05, 4.69) is 17.4 Å². The highest BCUT2D eigenvalue weighted by molar-refractivity contribution is 7.80. The van der Waals surface area contributed by atoms with E-state index in [1.54, 1.807) is 16.4 Å². The Morgan fingerprint density at radius 2 is 2.00 bits per heavy atom. The van der Waals surface area contributed by atoms with E-state index in [0.717, 1.165) is 17.2 Å². The van der Waals surface area contributed by atoms with Crippen molar-refractivity contribution in [3.63, 3.8) is 0 Å². The summed E-state index contributed by atoms with van der Waals surface area (Å²) in [5.41, 5.74) is 2.57. The summed E-state index contributed by atoms with van der Waals surface area (Å²) in [6.07, 6.45) is 4.82. The molecule has 1 aliphatic carbocycles. The van der Waals surface area contributed by atoms with Gasteiger partial charge in [-0.2, -0.15) is 5.06 Å². The third-order valence-corrected chi connectivity index (χ3v) is 5.43. The number of nitrogens with zero attached hydrogens (tertiary/aromatic N) is 1. The van der Waals surface area contributed by atoms with Crippen LogP contribution in [0.4, 0.5) is 5.00 Å². The summed E-state index contributed by atoms with van der Waals surface area (Å²) in [5, 5.41) is 6.85. The van der Waals surface area contributed by atoms with Crippen molar-refractivity contribution in [1.82, 2.24) is 5.06 Å². The first kappa shape index (κ1) is 13.1. The van der Waals surface area contributed by atoms with Crippen LogP contribution in [0.2, 0.25) is 0 Å². The smallest absolute Gasteiger partial charge is 0.208 e. The second-order valence-corrected chi connectivity index (χ2v) is 6.90. The van der Waals surface area contributed by atoms with Crippen molar-refractivity contribution in [1.29, 1.82) is 0 Å². The minimum atomic E-state index is 0.643. The number of thiophene rings is 1. The maximum absolute atomic E-state index is 6.13. The molecule has 2 aromatic rings. The Balaban J connectivity index is 1.62. The summed E-state index contributed by atoms with van der Waals surface area (Å²) in [5.74, 6) is 0.999. The average molecular weight is 316 g/mol. The predicted molar refractivity (Wildman–Crippen MR) is 89.8 cm³/mol. The van der Waals surface area contributed by atoms with Crippen molar-refractivity contribution in [2.45, 2.75) is 32.2 Å². The fourth-order valence-electron chi connectivity index (χ4n) is 2.88. The van der Waals surface area contributed by atoms with Gasteiger partial charge in [0.15, 0.2) is 5.75 Å². The molecule has 1 aliphatic heterocycles. The van der Waals surface area contributed by atoms with Crippen molar-refractivity contribution in [3.8, 4) is 5.75 Å². The standard InChI is InChI=1S/C16H16N2OS2/c20-16-17-15-14(12-8-4-5-9-13(12)21-15)19-18(16)10-11-6-2-1-3-7-11/h1-3,6-7H,4-5,8-10H2,(H,17,20). The molecule has 108 valence electrons. The van der Waals surface area contributed by atoms with Crippen molar-refractivity contribution in [2.75, 3.05) is 5.32 Å². The van der Waals surface area contributed by atoms with Crippen LogP contribution in [0.3, 0.4) is 0 Å². The zero-order valence-electron chi connectivity index (χ0n) is 11.6. The lowest BCUT2D eigenvalue weighted by Crippen LogP contribution is -2.40. The number of benzene rings is 1. The van der Waals surface area contributed by atoms with Crippen LogP contribution in [0.25, 0.3) is 0 Å². The predicted octanol–water partition coefficient (Wildman–Crippen LogP) is 4.13. The minimum absolute atomic E-state index is 0.643. The van der Waals surface area contributed by atoms with Crippen LogP contribution < -0.4 is 10.2 Å². The van der Waals surface area contributed by atoms with E-state index in [-0.39, 0.29) is 0 Å². The van der Waals surface area contributed by atoms with Crippen molar-refractivity contribution in [2.24, 2.45) is 0 Å². The number of hydrogen-bond donors (Lipinski definition) is 1. The SMILES string of the molecule is S=C1Nc2sc3c(c2ON1Cc1ccccc1)CCCC3. The van der Waals surface area contributed by atoms with Crippen LogP contribution in [0.1, 0.15) is 28.8 Å². The molecule has 1 aromatic carbocycles. The van der Waals surface area contributed by atoms with E-state index in [1.807, 2.05) is 18.2 Å². The molecule has 0 atom stereocenters. The van der Waals surface area contributed by atoms with Crippen molar-refractivity contribution < 1.29 is 4.84 Å². The first-order valence-electron chi connectivity index (χ1n) is 7.26. The topological polar surface area (TPSA) is 24.5 Å². The minimum Gasteiger partial charge on any atom is -0.374 e. The number of fused-ring (bicyclic) bond motifs is 3. The lowest BCUT2D eigenvalue weighted by Gasteiger charge is -2.30. The summed E-state index contributed by atoms with van der Waals surface area (Å²) < 4.78 is 0. The molecule has 0 radical (unpaired) electrons. The first-order chi connectivity index (χ1) is 10.3. The number of thiocarbonyl (C=S) groups is 1. The third-order valence-electron chi connectivity index (χ3n) is 3.94. The molecule has 0 unspecified atom stereocenters. The Bertz CT molecular complexity index is 681. The Morgan fingerprint density at radius 3 is 2.86 bits per heavy atom. The second-order valence-electron chi connectivity index (χ2n) is 5.41. The number of anilines is 1. The van der Waals surface area contributed by atoms with E-state index in [9.17, 15) is 0 Å². The summed E-state index contributed by atoms with van der Waals surface area (Å²) in [6, 6.07) is 10.3. The summed E-state index contributed by atoms with van der Waals surface area (Å²) >= 11 is 7.24. The van der Waals surface area contributed by atoms with Crippen LogP contribution in [0, 0.1) is 0 Å². The van der Waals surface area contributed by atoms with Crippen molar-refractivity contribution >= 4 is 33.7 Å². The van der Waals surface area contributed by atoms with Crippen molar-refractivity contribution in [3.05, 3.63) is 46.3 Å². The van der Waals surface area contributed by atoms with E-state index >= 15 is 0 Å². The molecule has 0 fully saturated rings. The van der Waals surface area contributed by atoms with Crippen LogP contribution >= 0.6 is 23.6 Å². The highest BCUT2D eigenvalue weighted by Crippen LogP contribution is 2.46. The van der Waals surface area contributed by atoms with Gasteiger partial charge in [0.1, 0.15) is 5.00 Å². The molecular formula is C16H16N2OS2. The first-order valence-corrected chi connectivity index (χ1v) is 8.48. The summed E-state index contributed by atoms with van der Waals surface area (Å²) in [4.78, 5) is 7.59. The zero-order valence-corrected chi connectivity index (χ0v) is 13.2. The average Bonchev–Trinajstić information content (AvgIpc) is 2.86. The summed E-state index contributed by atoms with van der Waals surface area (Å²) in [6.45, 7) is 0.663.